The highest BCUT2D eigenvalue weighted by Crippen LogP contribution is 1.95. The van der Waals surface area contributed by atoms with E-state index in [1.165, 1.54) is 11.8 Å². The zero-order chi connectivity index (χ0) is 10.1. The molecule has 0 heterocycles. The molecule has 0 amide bonds. The van der Waals surface area contributed by atoms with Crippen molar-refractivity contribution in [1.29, 1.82) is 5.41 Å². The first-order valence-corrected chi connectivity index (χ1v) is 4.35. The Bertz CT molecular complexity index is 265. The Kier molecular flexibility index (Phi) is 6.52. The largest absolute Gasteiger partial charge is 0.308 e. The van der Waals surface area contributed by atoms with Crippen molar-refractivity contribution in [2.45, 2.75) is 20.8 Å². The van der Waals surface area contributed by atoms with E-state index in [1.54, 1.807) is 0 Å². The van der Waals surface area contributed by atoms with E-state index < -0.39 is 0 Å². The molecule has 0 rings (SSSR count). The second-order valence-electron chi connectivity index (χ2n) is 2.85. The van der Waals surface area contributed by atoms with Gasteiger partial charge in [-0.25, -0.2) is 0 Å². The molecule has 1 N–H and O–H groups in total. The van der Waals surface area contributed by atoms with Crippen molar-refractivity contribution in [3.8, 4) is 0 Å². The molecule has 70 valence electrons. The van der Waals surface area contributed by atoms with Crippen LogP contribution in [0.25, 0.3) is 0 Å². The van der Waals surface area contributed by atoms with E-state index in [9.17, 15) is 0 Å². The fourth-order valence-electron chi connectivity index (χ4n) is 0.781. The maximum absolute atomic E-state index is 6.94. The van der Waals surface area contributed by atoms with Crippen LogP contribution in [0, 0.1) is 5.41 Å². The van der Waals surface area contributed by atoms with Gasteiger partial charge in [-0.3, -0.25) is 0 Å². The zero-order valence-electron chi connectivity index (χ0n) is 8.54. The molecule has 13 heavy (non-hydrogen) atoms. The highest BCUT2D eigenvalue weighted by Gasteiger charge is 1.76. The molecule has 0 saturated heterocycles. The Morgan fingerprint density at radius 1 is 1.00 bits per heavy atom. The lowest BCUT2D eigenvalue weighted by atomic mass is 10.2. The number of allylic oxidation sites excluding steroid dienone is 8. The molecule has 0 aliphatic rings. The SMILES string of the molecule is C\C=C/C(C)=C/C=C\C=C(/C)C=N. The molecule has 0 atom stereocenters. The Hall–Kier alpha value is -1.37. The van der Waals surface area contributed by atoms with E-state index in [0.29, 0.717) is 0 Å². The van der Waals surface area contributed by atoms with Crippen LogP contribution in [0.2, 0.25) is 0 Å². The number of hydrogen-bond acceptors (Lipinski definition) is 1. The van der Waals surface area contributed by atoms with Crippen LogP contribution in [0.5, 0.6) is 0 Å². The third-order valence-electron chi connectivity index (χ3n) is 1.49. The maximum atomic E-state index is 6.94. The molecule has 0 aliphatic heterocycles. The van der Waals surface area contributed by atoms with E-state index in [2.05, 4.69) is 13.0 Å². The van der Waals surface area contributed by atoms with Gasteiger partial charge in [-0.2, -0.15) is 0 Å². The summed E-state index contributed by atoms with van der Waals surface area (Å²) in [7, 11) is 0. The smallest absolute Gasteiger partial charge is 0.0207 e. The van der Waals surface area contributed by atoms with Gasteiger partial charge in [0.1, 0.15) is 0 Å². The van der Waals surface area contributed by atoms with Gasteiger partial charge in [-0.15, -0.1) is 0 Å². The van der Waals surface area contributed by atoms with Gasteiger partial charge in [-0.1, -0.05) is 42.0 Å². The van der Waals surface area contributed by atoms with Gasteiger partial charge in [0.2, 0.25) is 0 Å². The summed E-state index contributed by atoms with van der Waals surface area (Å²) in [6.07, 6.45) is 13.3. The van der Waals surface area contributed by atoms with Gasteiger partial charge < -0.3 is 5.41 Å². The molecule has 0 fully saturated rings. The molecule has 1 nitrogen and oxygen atoms in total. The standard InChI is InChI=1S/C12H17N/c1-4-7-11(2)8-5-6-9-12(3)10-13/h4-10,13H,1-3H3/b6-5-,7-4-,11-8+,12-9+,13-10?. The van der Waals surface area contributed by atoms with Crippen LogP contribution >= 0.6 is 0 Å². The fraction of sp³-hybridized carbons (Fsp3) is 0.250. The summed E-state index contributed by atoms with van der Waals surface area (Å²) in [5, 5.41) is 6.94. The summed E-state index contributed by atoms with van der Waals surface area (Å²) in [6.45, 7) is 5.96. The van der Waals surface area contributed by atoms with E-state index in [-0.39, 0.29) is 0 Å². The topological polar surface area (TPSA) is 23.9 Å². The van der Waals surface area contributed by atoms with Crippen molar-refractivity contribution >= 4 is 6.21 Å². The van der Waals surface area contributed by atoms with Crippen LogP contribution in [-0.2, 0) is 0 Å². The quantitative estimate of drug-likeness (QED) is 0.498. The maximum Gasteiger partial charge on any atom is 0.0207 e. The summed E-state index contributed by atoms with van der Waals surface area (Å²) in [6, 6.07) is 0. The van der Waals surface area contributed by atoms with Crippen LogP contribution in [0.1, 0.15) is 20.8 Å². The minimum absolute atomic E-state index is 0.952. The zero-order valence-corrected chi connectivity index (χ0v) is 8.54. The van der Waals surface area contributed by atoms with Crippen LogP contribution in [-0.4, -0.2) is 6.21 Å². The summed E-state index contributed by atoms with van der Waals surface area (Å²) in [5.41, 5.74) is 2.17. The van der Waals surface area contributed by atoms with Crippen LogP contribution in [0.15, 0.2) is 47.6 Å². The van der Waals surface area contributed by atoms with Crippen LogP contribution < -0.4 is 0 Å². The average Bonchev–Trinajstić information content (AvgIpc) is 2.12. The predicted octanol–water partition coefficient (Wildman–Crippen LogP) is 3.66. The molecule has 0 spiro atoms. The van der Waals surface area contributed by atoms with Crippen molar-refractivity contribution < 1.29 is 0 Å². The predicted molar refractivity (Wildman–Crippen MR) is 60.3 cm³/mol. The van der Waals surface area contributed by atoms with Crippen molar-refractivity contribution in [1.82, 2.24) is 0 Å². The molecular weight excluding hydrogens is 158 g/mol. The lowest BCUT2D eigenvalue weighted by molar-refractivity contribution is 1.49. The molecule has 0 aromatic rings. The van der Waals surface area contributed by atoms with Gasteiger partial charge >= 0.3 is 0 Å². The van der Waals surface area contributed by atoms with Gasteiger partial charge in [0.15, 0.2) is 0 Å². The average molecular weight is 175 g/mol. The molecule has 0 aliphatic carbocycles. The minimum atomic E-state index is 0.952. The van der Waals surface area contributed by atoms with Crippen molar-refractivity contribution in [3.05, 3.63) is 47.6 Å². The number of hydrogen-bond donors (Lipinski definition) is 1. The van der Waals surface area contributed by atoms with Crippen LogP contribution in [0.3, 0.4) is 0 Å². The third kappa shape index (κ3) is 7.01. The highest BCUT2D eigenvalue weighted by molar-refractivity contribution is 5.75. The van der Waals surface area contributed by atoms with Crippen molar-refractivity contribution in [3.63, 3.8) is 0 Å². The summed E-state index contributed by atoms with van der Waals surface area (Å²) in [5.74, 6) is 0. The Balaban J connectivity index is 4.15. The van der Waals surface area contributed by atoms with E-state index in [4.69, 9.17) is 5.41 Å². The molecule has 0 aromatic heterocycles. The Morgan fingerprint density at radius 2 is 1.54 bits per heavy atom. The Morgan fingerprint density at radius 3 is 2.00 bits per heavy atom. The molecule has 1 heteroatoms. The summed E-state index contributed by atoms with van der Waals surface area (Å²) >= 11 is 0. The van der Waals surface area contributed by atoms with Crippen molar-refractivity contribution in [2.24, 2.45) is 0 Å². The minimum Gasteiger partial charge on any atom is -0.308 e. The third-order valence-corrected chi connectivity index (χ3v) is 1.49. The van der Waals surface area contributed by atoms with Gasteiger partial charge in [0.25, 0.3) is 0 Å². The number of rotatable bonds is 4. The lowest BCUT2D eigenvalue weighted by Gasteiger charge is -1.86. The van der Waals surface area contributed by atoms with E-state index in [1.807, 2.05) is 44.2 Å². The first kappa shape index (κ1) is 11.6. The number of nitrogens with one attached hydrogen (secondary N) is 1. The first-order valence-electron chi connectivity index (χ1n) is 4.35. The summed E-state index contributed by atoms with van der Waals surface area (Å²) in [4.78, 5) is 0. The fourth-order valence-corrected chi connectivity index (χ4v) is 0.781. The van der Waals surface area contributed by atoms with Crippen molar-refractivity contribution in [2.75, 3.05) is 0 Å². The molecule has 0 aromatic carbocycles. The van der Waals surface area contributed by atoms with Gasteiger partial charge in [0.05, 0.1) is 0 Å². The van der Waals surface area contributed by atoms with E-state index >= 15 is 0 Å². The lowest BCUT2D eigenvalue weighted by Crippen LogP contribution is -1.71. The van der Waals surface area contributed by atoms with Crippen LogP contribution in [0.4, 0.5) is 0 Å². The second-order valence-corrected chi connectivity index (χ2v) is 2.85. The molecule has 0 radical (unpaired) electrons. The highest BCUT2D eigenvalue weighted by atomic mass is 14.3. The first-order chi connectivity index (χ1) is 6.20. The summed E-state index contributed by atoms with van der Waals surface area (Å²) < 4.78 is 0. The van der Waals surface area contributed by atoms with Gasteiger partial charge in [-0.05, 0) is 26.3 Å². The molecular formula is C12H17N. The molecule has 0 bridgehead atoms. The monoisotopic (exact) mass is 175 g/mol. The Labute approximate surface area is 80.7 Å². The van der Waals surface area contributed by atoms with E-state index in [0.717, 1.165) is 5.57 Å². The van der Waals surface area contributed by atoms with Gasteiger partial charge in [0, 0.05) is 6.21 Å². The molecule has 0 saturated carbocycles. The molecule has 0 unspecified atom stereocenters. The normalized spacial score (nSPS) is 14.4. The second kappa shape index (κ2) is 7.29.